The fraction of sp³-hybridized carbons (Fsp3) is 0.143. The summed E-state index contributed by atoms with van der Waals surface area (Å²) >= 11 is 0. The van der Waals surface area contributed by atoms with E-state index in [0.717, 1.165) is 16.9 Å². The highest BCUT2D eigenvalue weighted by molar-refractivity contribution is 5.60. The quantitative estimate of drug-likeness (QED) is 0.780. The summed E-state index contributed by atoms with van der Waals surface area (Å²) in [7, 11) is 0. The lowest BCUT2D eigenvalue weighted by molar-refractivity contribution is 0.628. The zero-order valence-corrected chi connectivity index (χ0v) is 10.3. The number of benzene rings is 1. The van der Waals surface area contributed by atoms with Gasteiger partial charge in [0.05, 0.1) is 17.6 Å². The van der Waals surface area contributed by atoms with Crippen molar-refractivity contribution in [2.75, 3.05) is 6.54 Å². The molecule has 0 fully saturated rings. The average molecular weight is 256 g/mol. The highest BCUT2D eigenvalue weighted by Gasteiger charge is 2.07. The Balaban J connectivity index is 2.12. The standard InChI is InChI=1S/C14H13FN4/c15-11-3-1-2-10(8-11)13-4-5-14-17-9-12(6-7-16)19(14)18-13/h1-5,8-9H,6-7,16H2. The number of rotatable bonds is 3. The fourth-order valence-corrected chi connectivity index (χ4v) is 2.04. The molecule has 19 heavy (non-hydrogen) atoms. The smallest absolute Gasteiger partial charge is 0.153 e. The molecule has 0 unspecified atom stereocenters. The van der Waals surface area contributed by atoms with Crippen LogP contribution in [0.5, 0.6) is 0 Å². The first-order chi connectivity index (χ1) is 9.28. The second-order valence-electron chi connectivity index (χ2n) is 4.29. The Bertz CT molecular complexity index is 720. The summed E-state index contributed by atoms with van der Waals surface area (Å²) in [6.45, 7) is 0.541. The molecule has 0 spiro atoms. The van der Waals surface area contributed by atoms with Gasteiger partial charge in [0.2, 0.25) is 0 Å². The van der Waals surface area contributed by atoms with Crippen LogP contribution in [0.2, 0.25) is 0 Å². The van der Waals surface area contributed by atoms with Gasteiger partial charge in [0.25, 0.3) is 0 Å². The molecule has 2 heterocycles. The maximum absolute atomic E-state index is 13.2. The third-order valence-electron chi connectivity index (χ3n) is 2.95. The molecule has 2 aromatic heterocycles. The second-order valence-corrected chi connectivity index (χ2v) is 4.29. The first-order valence-electron chi connectivity index (χ1n) is 6.07. The largest absolute Gasteiger partial charge is 0.330 e. The predicted octanol–water partition coefficient (Wildman–Crippen LogP) is 2.04. The molecule has 0 aliphatic carbocycles. The molecule has 4 nitrogen and oxygen atoms in total. The van der Waals surface area contributed by atoms with Gasteiger partial charge in [-0.25, -0.2) is 13.9 Å². The van der Waals surface area contributed by atoms with E-state index in [-0.39, 0.29) is 5.82 Å². The van der Waals surface area contributed by atoms with Crippen molar-refractivity contribution in [2.45, 2.75) is 6.42 Å². The monoisotopic (exact) mass is 256 g/mol. The second kappa shape index (κ2) is 4.78. The molecule has 0 saturated heterocycles. The molecule has 0 radical (unpaired) electrons. The topological polar surface area (TPSA) is 56.2 Å². The van der Waals surface area contributed by atoms with Crippen LogP contribution in [0.25, 0.3) is 16.9 Å². The van der Waals surface area contributed by atoms with Crippen molar-refractivity contribution < 1.29 is 4.39 Å². The number of halogens is 1. The number of aromatic nitrogens is 3. The number of nitrogens with zero attached hydrogens (tertiary/aromatic N) is 3. The minimum Gasteiger partial charge on any atom is -0.330 e. The summed E-state index contributed by atoms with van der Waals surface area (Å²) in [5, 5.41) is 4.50. The molecule has 0 atom stereocenters. The van der Waals surface area contributed by atoms with Crippen LogP contribution in [0.1, 0.15) is 5.69 Å². The van der Waals surface area contributed by atoms with E-state index in [1.54, 1.807) is 16.8 Å². The predicted molar refractivity (Wildman–Crippen MR) is 71.1 cm³/mol. The number of nitrogens with two attached hydrogens (primary N) is 1. The van der Waals surface area contributed by atoms with Crippen LogP contribution >= 0.6 is 0 Å². The van der Waals surface area contributed by atoms with Crippen LogP contribution in [0.3, 0.4) is 0 Å². The van der Waals surface area contributed by atoms with E-state index < -0.39 is 0 Å². The van der Waals surface area contributed by atoms with Gasteiger partial charge in [-0.3, -0.25) is 0 Å². The van der Waals surface area contributed by atoms with E-state index in [1.807, 2.05) is 18.2 Å². The summed E-state index contributed by atoms with van der Waals surface area (Å²) in [5.74, 6) is -0.271. The van der Waals surface area contributed by atoms with Crippen molar-refractivity contribution in [3.8, 4) is 11.3 Å². The summed E-state index contributed by atoms with van der Waals surface area (Å²) in [6.07, 6.45) is 2.48. The van der Waals surface area contributed by atoms with Crippen LogP contribution in [-0.4, -0.2) is 21.1 Å². The molecule has 1 aromatic carbocycles. The fourth-order valence-electron chi connectivity index (χ4n) is 2.04. The number of hydrogen-bond acceptors (Lipinski definition) is 3. The highest BCUT2D eigenvalue weighted by Crippen LogP contribution is 2.18. The van der Waals surface area contributed by atoms with Crippen molar-refractivity contribution in [2.24, 2.45) is 5.73 Å². The number of hydrogen-bond donors (Lipinski definition) is 1. The third kappa shape index (κ3) is 2.20. The Hall–Kier alpha value is -2.27. The lowest BCUT2D eigenvalue weighted by atomic mass is 10.1. The van der Waals surface area contributed by atoms with Crippen LogP contribution in [0.15, 0.2) is 42.6 Å². The molecule has 3 aromatic rings. The Morgan fingerprint density at radius 2 is 2.11 bits per heavy atom. The molecule has 3 rings (SSSR count). The van der Waals surface area contributed by atoms with E-state index in [2.05, 4.69) is 10.1 Å². The van der Waals surface area contributed by atoms with Crippen molar-refractivity contribution in [3.63, 3.8) is 0 Å². The molecule has 0 aliphatic rings. The molecule has 96 valence electrons. The van der Waals surface area contributed by atoms with Crippen molar-refractivity contribution in [3.05, 3.63) is 54.1 Å². The first-order valence-corrected chi connectivity index (χ1v) is 6.07. The number of fused-ring (bicyclic) bond motifs is 1. The SMILES string of the molecule is NCCc1cnc2ccc(-c3cccc(F)c3)nn12. The van der Waals surface area contributed by atoms with Gasteiger partial charge in [-0.05, 0) is 30.8 Å². The zero-order chi connectivity index (χ0) is 13.2. The van der Waals surface area contributed by atoms with Gasteiger partial charge in [0, 0.05) is 12.0 Å². The molecule has 2 N–H and O–H groups in total. The summed E-state index contributed by atoms with van der Waals surface area (Å²) in [4.78, 5) is 4.26. The van der Waals surface area contributed by atoms with Gasteiger partial charge < -0.3 is 5.73 Å². The normalized spacial score (nSPS) is 11.1. The summed E-state index contributed by atoms with van der Waals surface area (Å²) in [6, 6.07) is 10.1. The van der Waals surface area contributed by atoms with E-state index in [4.69, 9.17) is 5.73 Å². The Labute approximate surface area is 109 Å². The third-order valence-corrected chi connectivity index (χ3v) is 2.95. The highest BCUT2D eigenvalue weighted by atomic mass is 19.1. The van der Waals surface area contributed by atoms with Crippen LogP contribution in [0, 0.1) is 5.82 Å². The molecule has 0 aliphatic heterocycles. The minimum atomic E-state index is -0.271. The lowest BCUT2D eigenvalue weighted by Crippen LogP contribution is -2.06. The first kappa shape index (κ1) is 11.8. The Morgan fingerprint density at radius 3 is 2.89 bits per heavy atom. The molecule has 0 saturated carbocycles. The van der Waals surface area contributed by atoms with Crippen LogP contribution < -0.4 is 5.73 Å². The van der Waals surface area contributed by atoms with Gasteiger partial charge >= 0.3 is 0 Å². The maximum atomic E-state index is 13.2. The lowest BCUT2D eigenvalue weighted by Gasteiger charge is -2.04. The molecular formula is C14H13FN4. The van der Waals surface area contributed by atoms with Crippen LogP contribution in [0.4, 0.5) is 4.39 Å². The minimum absolute atomic E-state index is 0.271. The zero-order valence-electron chi connectivity index (χ0n) is 10.3. The average Bonchev–Trinajstić information content (AvgIpc) is 2.82. The van der Waals surface area contributed by atoms with Crippen LogP contribution in [-0.2, 0) is 6.42 Å². The van der Waals surface area contributed by atoms with Gasteiger partial charge in [0.1, 0.15) is 5.82 Å². The van der Waals surface area contributed by atoms with E-state index in [0.29, 0.717) is 18.7 Å². The van der Waals surface area contributed by atoms with Crippen molar-refractivity contribution >= 4 is 5.65 Å². The summed E-state index contributed by atoms with van der Waals surface area (Å²) < 4.78 is 15.0. The maximum Gasteiger partial charge on any atom is 0.153 e. The summed E-state index contributed by atoms with van der Waals surface area (Å²) in [5.41, 5.74) is 8.74. The van der Waals surface area contributed by atoms with Gasteiger partial charge in [0.15, 0.2) is 5.65 Å². The Kier molecular flexibility index (Phi) is 2.97. The molecule has 0 bridgehead atoms. The van der Waals surface area contributed by atoms with Crippen molar-refractivity contribution in [1.29, 1.82) is 0 Å². The Morgan fingerprint density at radius 1 is 1.21 bits per heavy atom. The van der Waals surface area contributed by atoms with Crippen molar-refractivity contribution in [1.82, 2.24) is 14.6 Å². The van der Waals surface area contributed by atoms with E-state index in [1.165, 1.54) is 12.1 Å². The number of imidazole rings is 1. The van der Waals surface area contributed by atoms with Gasteiger partial charge in [-0.15, -0.1) is 0 Å². The van der Waals surface area contributed by atoms with E-state index in [9.17, 15) is 4.39 Å². The van der Waals surface area contributed by atoms with E-state index >= 15 is 0 Å². The molecule has 5 heteroatoms. The molecule has 0 amide bonds. The van der Waals surface area contributed by atoms with Gasteiger partial charge in [-0.1, -0.05) is 12.1 Å². The van der Waals surface area contributed by atoms with Gasteiger partial charge in [-0.2, -0.15) is 5.10 Å². The molecular weight excluding hydrogens is 243 g/mol.